The van der Waals surface area contributed by atoms with Crippen LogP contribution < -0.4 is 4.74 Å². The first-order valence-corrected chi connectivity index (χ1v) is 11.6. The minimum Gasteiger partial charge on any atom is -0.493 e. The molecule has 0 bridgehead atoms. The smallest absolute Gasteiger partial charge is 0.222 e. The number of hydrogen-bond acceptors (Lipinski definition) is 4. The van der Waals surface area contributed by atoms with Gasteiger partial charge in [-0.3, -0.25) is 14.7 Å². The van der Waals surface area contributed by atoms with E-state index in [2.05, 4.69) is 37.8 Å². The van der Waals surface area contributed by atoms with Crippen molar-refractivity contribution in [3.63, 3.8) is 0 Å². The fraction of sp³-hybridized carbons (Fsp3) is 0.600. The maximum Gasteiger partial charge on any atom is 0.222 e. The molecule has 0 N–H and O–H groups in total. The molecule has 164 valence electrons. The molecule has 2 aromatic rings. The molecule has 2 heterocycles. The van der Waals surface area contributed by atoms with Crippen molar-refractivity contribution in [2.75, 3.05) is 32.8 Å². The Hall–Kier alpha value is -2.14. The molecule has 1 aliphatic heterocycles. The molecule has 5 nitrogen and oxygen atoms in total. The number of aromatic nitrogens is 1. The first-order chi connectivity index (χ1) is 14.6. The molecular formula is C25H37N3O2. The van der Waals surface area contributed by atoms with Gasteiger partial charge in [0.05, 0.1) is 17.8 Å². The summed E-state index contributed by atoms with van der Waals surface area (Å²) in [5.41, 5.74) is 3.22. The Labute approximate surface area is 181 Å². The summed E-state index contributed by atoms with van der Waals surface area (Å²) >= 11 is 0. The summed E-state index contributed by atoms with van der Waals surface area (Å²) < 4.78 is 6.20. The number of carbonyl (C=O) groups excluding carboxylic acids is 1. The summed E-state index contributed by atoms with van der Waals surface area (Å²) in [5.74, 6) is 1.29. The molecule has 1 saturated heterocycles. The highest BCUT2D eigenvalue weighted by Gasteiger charge is 2.22. The number of unbranched alkanes of at least 4 members (excludes halogenated alkanes) is 3. The topological polar surface area (TPSA) is 45.7 Å². The minimum atomic E-state index is 0.315. The lowest BCUT2D eigenvalue weighted by molar-refractivity contribution is -0.133. The summed E-state index contributed by atoms with van der Waals surface area (Å²) in [6, 6.07) is 8.25. The number of hydrogen-bond donors (Lipinski definition) is 0. The summed E-state index contributed by atoms with van der Waals surface area (Å²) in [7, 11) is 0. The molecule has 3 rings (SSSR count). The van der Waals surface area contributed by atoms with Crippen molar-refractivity contribution in [3.05, 3.63) is 35.5 Å². The van der Waals surface area contributed by atoms with Crippen LogP contribution in [0.25, 0.3) is 10.9 Å². The Morgan fingerprint density at radius 1 is 1.03 bits per heavy atom. The van der Waals surface area contributed by atoms with Crippen LogP contribution in [-0.4, -0.2) is 53.5 Å². The van der Waals surface area contributed by atoms with E-state index < -0.39 is 0 Å². The molecule has 1 amide bonds. The number of carbonyl (C=O) groups is 1. The zero-order valence-electron chi connectivity index (χ0n) is 19.0. The van der Waals surface area contributed by atoms with E-state index in [1.54, 1.807) is 0 Å². The van der Waals surface area contributed by atoms with E-state index in [0.717, 1.165) is 99.3 Å². The average molecular weight is 412 g/mol. The Balaban J connectivity index is 1.66. The number of fused-ring (bicyclic) bond motifs is 1. The van der Waals surface area contributed by atoms with E-state index in [0.29, 0.717) is 12.3 Å². The Bertz CT molecular complexity index is 828. The van der Waals surface area contributed by atoms with Crippen LogP contribution in [0.3, 0.4) is 0 Å². The van der Waals surface area contributed by atoms with Gasteiger partial charge in [-0.2, -0.15) is 0 Å². The third kappa shape index (κ3) is 5.72. The summed E-state index contributed by atoms with van der Waals surface area (Å²) in [6.45, 7) is 11.5. The first-order valence-electron chi connectivity index (χ1n) is 11.6. The first kappa shape index (κ1) is 22.5. The van der Waals surface area contributed by atoms with Crippen molar-refractivity contribution >= 4 is 16.8 Å². The number of rotatable bonds is 10. The normalized spacial score (nSPS) is 15.0. The molecular weight excluding hydrogens is 374 g/mol. The van der Waals surface area contributed by atoms with Crippen LogP contribution in [0.15, 0.2) is 24.3 Å². The highest BCUT2D eigenvalue weighted by Crippen LogP contribution is 2.31. The van der Waals surface area contributed by atoms with Crippen molar-refractivity contribution in [1.29, 1.82) is 0 Å². The number of pyridine rings is 1. The highest BCUT2D eigenvalue weighted by atomic mass is 16.5. The molecule has 1 fully saturated rings. The summed E-state index contributed by atoms with van der Waals surface area (Å²) in [5, 5.41) is 1.09. The number of ether oxygens (including phenoxy) is 1. The van der Waals surface area contributed by atoms with Gasteiger partial charge in [0.2, 0.25) is 5.91 Å². The molecule has 0 aliphatic carbocycles. The molecule has 0 atom stereocenters. The van der Waals surface area contributed by atoms with Gasteiger partial charge in [-0.25, -0.2) is 0 Å². The molecule has 1 aromatic carbocycles. The lowest BCUT2D eigenvalue weighted by Crippen LogP contribution is -2.48. The van der Waals surface area contributed by atoms with Crippen molar-refractivity contribution < 1.29 is 9.53 Å². The number of nitrogens with zero attached hydrogens (tertiary/aromatic N) is 3. The maximum atomic E-state index is 12.4. The zero-order chi connectivity index (χ0) is 21.3. The second kappa shape index (κ2) is 11.3. The molecule has 1 aliphatic rings. The van der Waals surface area contributed by atoms with Gasteiger partial charge in [0.1, 0.15) is 5.75 Å². The predicted molar refractivity (Wildman–Crippen MR) is 123 cm³/mol. The lowest BCUT2D eigenvalue weighted by atomic mass is 10.1. The molecule has 0 radical (unpaired) electrons. The van der Waals surface area contributed by atoms with Gasteiger partial charge in [-0.15, -0.1) is 0 Å². The van der Waals surface area contributed by atoms with Gasteiger partial charge in [-0.1, -0.05) is 45.2 Å². The highest BCUT2D eigenvalue weighted by molar-refractivity contribution is 5.86. The third-order valence-corrected chi connectivity index (χ3v) is 6.01. The molecule has 0 saturated carbocycles. The van der Waals surface area contributed by atoms with Crippen molar-refractivity contribution in [1.82, 2.24) is 14.8 Å². The summed E-state index contributed by atoms with van der Waals surface area (Å²) in [6.07, 6.45) is 6.18. The molecule has 0 spiro atoms. The van der Waals surface area contributed by atoms with Crippen LogP contribution in [0.1, 0.15) is 63.6 Å². The Kier molecular flexibility index (Phi) is 8.50. The Morgan fingerprint density at radius 3 is 2.50 bits per heavy atom. The zero-order valence-corrected chi connectivity index (χ0v) is 19.0. The van der Waals surface area contributed by atoms with Crippen LogP contribution in [0.4, 0.5) is 0 Å². The monoisotopic (exact) mass is 411 g/mol. The van der Waals surface area contributed by atoms with Gasteiger partial charge < -0.3 is 9.64 Å². The van der Waals surface area contributed by atoms with Gasteiger partial charge in [0.25, 0.3) is 0 Å². The maximum absolute atomic E-state index is 12.4. The van der Waals surface area contributed by atoms with Crippen LogP contribution >= 0.6 is 0 Å². The van der Waals surface area contributed by atoms with Crippen LogP contribution in [0.5, 0.6) is 5.75 Å². The SMILES string of the molecule is CCCCCC(=O)N1CCN(Cc2nc3ccccc3c(OCCCC)c2C)CC1. The van der Waals surface area contributed by atoms with E-state index in [4.69, 9.17) is 9.72 Å². The van der Waals surface area contributed by atoms with Crippen molar-refractivity contribution in [2.24, 2.45) is 0 Å². The van der Waals surface area contributed by atoms with E-state index in [-0.39, 0.29) is 0 Å². The molecule has 30 heavy (non-hydrogen) atoms. The molecule has 0 unspecified atom stereocenters. The number of para-hydroxylation sites is 1. The standard InChI is InChI=1S/C25H37N3O2/c1-4-6-8-13-24(29)28-16-14-27(15-17-28)19-23-20(3)25(30-18-7-5-2)21-11-9-10-12-22(21)26-23/h9-12H,4-8,13-19H2,1-3H3. The van der Waals surface area contributed by atoms with Gasteiger partial charge in [0.15, 0.2) is 0 Å². The number of amides is 1. The van der Waals surface area contributed by atoms with Gasteiger partial charge in [-0.05, 0) is 31.9 Å². The van der Waals surface area contributed by atoms with Crippen molar-refractivity contribution in [2.45, 2.75) is 65.8 Å². The van der Waals surface area contributed by atoms with Gasteiger partial charge >= 0.3 is 0 Å². The van der Waals surface area contributed by atoms with E-state index in [9.17, 15) is 4.79 Å². The molecule has 5 heteroatoms. The minimum absolute atomic E-state index is 0.315. The van der Waals surface area contributed by atoms with Crippen LogP contribution in [0, 0.1) is 6.92 Å². The second-order valence-corrected chi connectivity index (χ2v) is 8.35. The second-order valence-electron chi connectivity index (χ2n) is 8.35. The fourth-order valence-corrected chi connectivity index (χ4v) is 4.04. The number of benzene rings is 1. The van der Waals surface area contributed by atoms with Gasteiger partial charge in [0, 0.05) is 50.1 Å². The largest absolute Gasteiger partial charge is 0.493 e. The Morgan fingerprint density at radius 2 is 1.77 bits per heavy atom. The number of piperazine rings is 1. The van der Waals surface area contributed by atoms with Crippen LogP contribution in [0.2, 0.25) is 0 Å². The van der Waals surface area contributed by atoms with E-state index >= 15 is 0 Å². The van der Waals surface area contributed by atoms with E-state index in [1.165, 1.54) is 0 Å². The lowest BCUT2D eigenvalue weighted by Gasteiger charge is -2.35. The average Bonchev–Trinajstić information content (AvgIpc) is 2.77. The van der Waals surface area contributed by atoms with Crippen molar-refractivity contribution in [3.8, 4) is 5.75 Å². The van der Waals surface area contributed by atoms with Crippen LogP contribution in [-0.2, 0) is 11.3 Å². The third-order valence-electron chi connectivity index (χ3n) is 6.01. The summed E-state index contributed by atoms with van der Waals surface area (Å²) in [4.78, 5) is 21.8. The molecule has 1 aromatic heterocycles. The quantitative estimate of drug-likeness (QED) is 0.519. The fourth-order valence-electron chi connectivity index (χ4n) is 4.04. The van der Waals surface area contributed by atoms with E-state index in [1.807, 2.05) is 17.0 Å². The predicted octanol–water partition coefficient (Wildman–Crippen LogP) is 4.95.